The van der Waals surface area contributed by atoms with Crippen molar-refractivity contribution in [3.8, 4) is 0 Å². The number of nitrogens with zero attached hydrogens (tertiary/aromatic N) is 1. The van der Waals surface area contributed by atoms with Crippen LogP contribution in [-0.4, -0.2) is 17.9 Å². The van der Waals surface area contributed by atoms with Crippen molar-refractivity contribution in [3.63, 3.8) is 0 Å². The van der Waals surface area contributed by atoms with Crippen molar-refractivity contribution < 1.29 is 27.2 Å². The Morgan fingerprint density at radius 1 is 1.16 bits per heavy atom. The van der Waals surface area contributed by atoms with Crippen LogP contribution in [-0.2, 0) is 21.7 Å². The Hall–Kier alpha value is -2.52. The van der Waals surface area contributed by atoms with Gasteiger partial charge in [0.15, 0.2) is 5.84 Å². The molecule has 3 N–H and O–H groups in total. The van der Waals surface area contributed by atoms with Gasteiger partial charge in [-0.25, -0.2) is 4.39 Å². The first-order chi connectivity index (χ1) is 15.0. The van der Waals surface area contributed by atoms with Crippen molar-refractivity contribution in [2.45, 2.75) is 37.5 Å². The molecule has 2 aromatic carbocycles. The van der Waals surface area contributed by atoms with Crippen molar-refractivity contribution in [1.82, 2.24) is 0 Å². The van der Waals surface area contributed by atoms with Crippen LogP contribution in [0.5, 0.6) is 0 Å². The largest absolute Gasteiger partial charge is 0.435 e. The lowest BCUT2D eigenvalue weighted by atomic mass is 9.89. The standard InChI is InChI=1S/C21H17Cl2F4N3O2/c22-14-3-2-13(7-11(14)9-19(5-6-19)18(28)31)29-17-10-20(32-30-17,21(25,26)27)12-1-4-16(24)15(23)8-12/h1-4,7-8H,5-6,9-10H2,(H2,28,31)(H,29,30). The van der Waals surface area contributed by atoms with Gasteiger partial charge in [-0.1, -0.05) is 34.4 Å². The Morgan fingerprint density at radius 3 is 2.47 bits per heavy atom. The fourth-order valence-electron chi connectivity index (χ4n) is 3.70. The Morgan fingerprint density at radius 2 is 1.88 bits per heavy atom. The molecule has 11 heteroatoms. The van der Waals surface area contributed by atoms with Crippen molar-refractivity contribution >= 4 is 40.6 Å². The number of amidine groups is 1. The quantitative estimate of drug-likeness (QED) is 0.541. The summed E-state index contributed by atoms with van der Waals surface area (Å²) in [5.74, 6) is -1.34. The Balaban J connectivity index is 1.57. The molecule has 0 bridgehead atoms. The topological polar surface area (TPSA) is 76.7 Å². The van der Waals surface area contributed by atoms with Gasteiger partial charge in [0.1, 0.15) is 5.82 Å². The van der Waals surface area contributed by atoms with Crippen LogP contribution in [0, 0.1) is 11.2 Å². The molecule has 1 atom stereocenters. The lowest BCUT2D eigenvalue weighted by Crippen LogP contribution is -2.43. The number of alkyl halides is 3. The van der Waals surface area contributed by atoms with E-state index in [4.69, 9.17) is 33.8 Å². The van der Waals surface area contributed by atoms with E-state index < -0.39 is 40.4 Å². The van der Waals surface area contributed by atoms with E-state index in [1.807, 2.05) is 0 Å². The van der Waals surface area contributed by atoms with Crippen molar-refractivity contribution in [3.05, 3.63) is 63.4 Å². The highest BCUT2D eigenvalue weighted by Crippen LogP contribution is 2.50. The number of nitrogens with one attached hydrogen (secondary N) is 1. The average molecular weight is 490 g/mol. The number of hydrogen-bond acceptors (Lipinski definition) is 4. The predicted molar refractivity (Wildman–Crippen MR) is 112 cm³/mol. The molecule has 1 heterocycles. The molecular formula is C21H17Cl2F4N3O2. The second-order valence-electron chi connectivity index (χ2n) is 8.01. The van der Waals surface area contributed by atoms with Crippen LogP contribution in [0.1, 0.15) is 30.4 Å². The molecule has 0 spiro atoms. The molecule has 32 heavy (non-hydrogen) atoms. The minimum absolute atomic E-state index is 0.0907. The number of benzene rings is 2. The summed E-state index contributed by atoms with van der Waals surface area (Å²) in [5.41, 5.74) is 2.71. The fourth-order valence-corrected chi connectivity index (χ4v) is 4.06. The van der Waals surface area contributed by atoms with Gasteiger partial charge in [0.05, 0.1) is 16.9 Å². The zero-order valence-corrected chi connectivity index (χ0v) is 17.9. The number of carbonyl (C=O) groups is 1. The van der Waals surface area contributed by atoms with Gasteiger partial charge in [-0.05, 0) is 55.2 Å². The number of nitrogens with two attached hydrogens (primary N) is 1. The van der Waals surface area contributed by atoms with Gasteiger partial charge >= 0.3 is 6.18 Å². The number of primary amides is 1. The van der Waals surface area contributed by atoms with Crippen LogP contribution in [0.15, 0.2) is 41.6 Å². The zero-order valence-electron chi connectivity index (χ0n) is 16.4. The molecule has 4 rings (SSSR count). The third-order valence-electron chi connectivity index (χ3n) is 5.81. The lowest BCUT2D eigenvalue weighted by Gasteiger charge is -2.29. The molecule has 5 nitrogen and oxygen atoms in total. The normalized spacial score (nSPS) is 21.6. The van der Waals surface area contributed by atoms with E-state index in [0.29, 0.717) is 35.5 Å². The summed E-state index contributed by atoms with van der Waals surface area (Å²) in [6.07, 6.45) is -3.88. The van der Waals surface area contributed by atoms with Crippen LogP contribution >= 0.6 is 23.2 Å². The molecule has 0 saturated heterocycles. The molecule has 0 aromatic heterocycles. The highest BCUT2D eigenvalue weighted by Gasteiger charge is 2.62. The number of hydrogen-bond donors (Lipinski definition) is 2. The number of halogens is 6. The van der Waals surface area contributed by atoms with Crippen molar-refractivity contribution in [1.29, 1.82) is 0 Å². The van der Waals surface area contributed by atoms with E-state index in [1.165, 1.54) is 0 Å². The third-order valence-corrected chi connectivity index (χ3v) is 6.47. The summed E-state index contributed by atoms with van der Waals surface area (Å²) in [6, 6.07) is 7.46. The zero-order chi connectivity index (χ0) is 23.3. The summed E-state index contributed by atoms with van der Waals surface area (Å²) in [5, 5.41) is 6.36. The molecule has 1 aliphatic heterocycles. The first kappa shape index (κ1) is 22.7. The van der Waals surface area contributed by atoms with Crippen LogP contribution in [0.25, 0.3) is 0 Å². The van der Waals surface area contributed by atoms with Gasteiger partial charge in [-0.2, -0.15) is 13.2 Å². The third kappa shape index (κ3) is 3.99. The Kier molecular flexibility index (Phi) is 5.53. The minimum atomic E-state index is -4.86. The van der Waals surface area contributed by atoms with Gasteiger partial charge in [0.25, 0.3) is 5.60 Å². The molecule has 1 unspecified atom stereocenters. The fraction of sp³-hybridized carbons (Fsp3) is 0.333. The van der Waals surface area contributed by atoms with E-state index in [0.717, 1.165) is 18.2 Å². The smallest absolute Gasteiger partial charge is 0.372 e. The maximum Gasteiger partial charge on any atom is 0.435 e. The summed E-state index contributed by atoms with van der Waals surface area (Å²) < 4.78 is 55.5. The lowest BCUT2D eigenvalue weighted by molar-refractivity contribution is -0.275. The number of anilines is 1. The van der Waals surface area contributed by atoms with Crippen LogP contribution in [0.3, 0.4) is 0 Å². The molecule has 1 saturated carbocycles. The second-order valence-corrected chi connectivity index (χ2v) is 8.83. The van der Waals surface area contributed by atoms with E-state index in [-0.39, 0.29) is 11.4 Å². The summed E-state index contributed by atoms with van der Waals surface area (Å²) in [4.78, 5) is 16.6. The monoisotopic (exact) mass is 489 g/mol. The number of amides is 1. The van der Waals surface area contributed by atoms with Gasteiger partial charge in [-0.15, -0.1) is 0 Å². The highest BCUT2D eigenvalue weighted by atomic mass is 35.5. The van der Waals surface area contributed by atoms with Crippen LogP contribution in [0.4, 0.5) is 23.2 Å². The first-order valence-electron chi connectivity index (χ1n) is 9.58. The van der Waals surface area contributed by atoms with Crippen molar-refractivity contribution in [2.75, 3.05) is 5.32 Å². The van der Waals surface area contributed by atoms with Gasteiger partial charge in [0.2, 0.25) is 5.91 Å². The molecule has 1 aliphatic carbocycles. The van der Waals surface area contributed by atoms with Crippen LogP contribution < -0.4 is 11.1 Å². The average Bonchev–Trinajstić information content (AvgIpc) is 3.37. The van der Waals surface area contributed by atoms with Gasteiger partial charge < -0.3 is 15.9 Å². The van der Waals surface area contributed by atoms with Gasteiger partial charge in [-0.3, -0.25) is 4.79 Å². The van der Waals surface area contributed by atoms with E-state index >= 15 is 0 Å². The highest BCUT2D eigenvalue weighted by molar-refractivity contribution is 6.31. The summed E-state index contributed by atoms with van der Waals surface area (Å²) in [7, 11) is 0. The molecular weight excluding hydrogens is 473 g/mol. The maximum atomic E-state index is 14.0. The number of oxime groups is 1. The Labute approximate surface area is 190 Å². The molecule has 2 aliphatic rings. The first-order valence-corrected chi connectivity index (χ1v) is 10.3. The number of carbonyl (C=O) groups excluding carboxylic acids is 1. The van der Waals surface area contributed by atoms with Crippen molar-refractivity contribution in [2.24, 2.45) is 16.3 Å². The molecule has 0 radical (unpaired) electrons. The molecule has 1 fully saturated rings. The van der Waals surface area contributed by atoms with Crippen LogP contribution in [0.2, 0.25) is 10.0 Å². The van der Waals surface area contributed by atoms with E-state index in [2.05, 4.69) is 10.5 Å². The second kappa shape index (κ2) is 7.81. The van der Waals surface area contributed by atoms with Gasteiger partial charge in [0, 0.05) is 16.3 Å². The SMILES string of the molecule is NC(=O)C1(Cc2cc(NC3=NOC(c4ccc(F)c(Cl)c4)(C(F)(F)F)C3)ccc2Cl)CC1. The molecule has 170 valence electrons. The minimum Gasteiger partial charge on any atom is -0.372 e. The summed E-state index contributed by atoms with van der Waals surface area (Å²) in [6.45, 7) is 0. The maximum absolute atomic E-state index is 14.0. The molecule has 2 aromatic rings. The van der Waals surface area contributed by atoms with E-state index in [9.17, 15) is 22.4 Å². The number of rotatable bonds is 5. The Bertz CT molecular complexity index is 1120. The summed E-state index contributed by atoms with van der Waals surface area (Å²) >= 11 is 11.9. The predicted octanol–water partition coefficient (Wildman–Crippen LogP) is 5.54. The van der Waals surface area contributed by atoms with E-state index in [1.54, 1.807) is 18.2 Å². The molecule has 1 amide bonds.